The Morgan fingerprint density at radius 2 is 1.95 bits per heavy atom. The van der Waals surface area contributed by atoms with Gasteiger partial charge in [0.05, 0.1) is 0 Å². The maximum Gasteiger partial charge on any atom is 0.407 e. The van der Waals surface area contributed by atoms with Crippen LogP contribution in [0.15, 0.2) is 36.9 Å². The smallest absolute Gasteiger partial charge is 0.407 e. The normalized spacial score (nSPS) is 9.68. The predicted molar refractivity (Wildman–Crippen MR) is 83.9 cm³/mol. The van der Waals surface area contributed by atoms with Crippen molar-refractivity contribution in [3.63, 3.8) is 0 Å². The molecular weight excluding hydrogens is 284 g/mol. The fourth-order valence-corrected chi connectivity index (χ4v) is 1.68. The molecule has 1 aromatic carbocycles. The highest BCUT2D eigenvalue weighted by Gasteiger charge is 2.05. The van der Waals surface area contributed by atoms with Crippen molar-refractivity contribution in [2.24, 2.45) is 0 Å². The summed E-state index contributed by atoms with van der Waals surface area (Å²) in [5.74, 6) is 0.471. The van der Waals surface area contributed by atoms with E-state index in [1.807, 2.05) is 31.2 Å². The Kier molecular flexibility index (Phi) is 8.18. The average Bonchev–Trinajstić information content (AvgIpc) is 2.55. The van der Waals surface area contributed by atoms with Gasteiger partial charge in [-0.1, -0.05) is 37.8 Å². The fourth-order valence-electron chi connectivity index (χ4n) is 1.68. The summed E-state index contributed by atoms with van der Waals surface area (Å²) >= 11 is 0. The van der Waals surface area contributed by atoms with Gasteiger partial charge < -0.3 is 20.1 Å². The van der Waals surface area contributed by atoms with Gasteiger partial charge in [-0.2, -0.15) is 0 Å². The van der Waals surface area contributed by atoms with E-state index < -0.39 is 6.09 Å². The second-order valence-electron chi connectivity index (χ2n) is 4.41. The number of alkyl carbamates (subject to hydrolysis) is 1. The minimum atomic E-state index is -0.540. The molecule has 0 aromatic heterocycles. The Hall–Kier alpha value is -2.50. The summed E-state index contributed by atoms with van der Waals surface area (Å²) < 4.78 is 10.2. The molecule has 0 saturated carbocycles. The minimum absolute atomic E-state index is 0.0576. The van der Waals surface area contributed by atoms with Crippen LogP contribution in [0.4, 0.5) is 4.79 Å². The van der Waals surface area contributed by atoms with Gasteiger partial charge in [0, 0.05) is 13.1 Å². The van der Waals surface area contributed by atoms with E-state index in [1.165, 1.54) is 6.08 Å². The van der Waals surface area contributed by atoms with Gasteiger partial charge in [0.2, 0.25) is 0 Å². The van der Waals surface area contributed by atoms with E-state index in [0.29, 0.717) is 12.3 Å². The van der Waals surface area contributed by atoms with Crippen LogP contribution in [0.5, 0.6) is 5.75 Å². The number of hydrogen-bond donors (Lipinski definition) is 2. The van der Waals surface area contributed by atoms with Crippen molar-refractivity contribution in [1.82, 2.24) is 10.6 Å². The second-order valence-corrected chi connectivity index (χ2v) is 4.41. The third-order valence-corrected chi connectivity index (χ3v) is 2.76. The molecule has 0 aliphatic rings. The quantitative estimate of drug-likeness (QED) is 0.537. The number of para-hydroxylation sites is 1. The summed E-state index contributed by atoms with van der Waals surface area (Å²) in [6.45, 7) is 6.15. The van der Waals surface area contributed by atoms with Crippen LogP contribution in [0.25, 0.3) is 0 Å². The maximum absolute atomic E-state index is 11.6. The van der Waals surface area contributed by atoms with Crippen LogP contribution < -0.4 is 15.4 Å². The summed E-state index contributed by atoms with van der Waals surface area (Å²) in [5, 5.41) is 5.15. The van der Waals surface area contributed by atoms with Gasteiger partial charge in [0.25, 0.3) is 5.91 Å². The highest BCUT2D eigenvalue weighted by Crippen LogP contribution is 2.17. The van der Waals surface area contributed by atoms with Crippen LogP contribution in [-0.4, -0.2) is 38.3 Å². The molecule has 0 bridgehead atoms. The average molecular weight is 306 g/mol. The van der Waals surface area contributed by atoms with Gasteiger partial charge in [-0.05, 0) is 18.1 Å². The largest absolute Gasteiger partial charge is 0.483 e. The Morgan fingerprint density at radius 1 is 1.23 bits per heavy atom. The van der Waals surface area contributed by atoms with Gasteiger partial charge in [-0.25, -0.2) is 4.79 Å². The zero-order chi connectivity index (χ0) is 16.2. The van der Waals surface area contributed by atoms with Crippen LogP contribution >= 0.6 is 0 Å². The molecule has 0 aliphatic heterocycles. The number of carbonyl (C=O) groups is 2. The van der Waals surface area contributed by atoms with Crippen LogP contribution in [0.2, 0.25) is 0 Å². The second kappa shape index (κ2) is 10.3. The molecule has 0 heterocycles. The molecule has 2 N–H and O–H groups in total. The lowest BCUT2D eigenvalue weighted by Crippen LogP contribution is -2.37. The zero-order valence-corrected chi connectivity index (χ0v) is 12.8. The molecule has 0 spiro atoms. The third-order valence-electron chi connectivity index (χ3n) is 2.76. The molecule has 6 nitrogen and oxygen atoms in total. The first kappa shape index (κ1) is 17.6. The number of carbonyl (C=O) groups excluding carboxylic acids is 2. The number of benzene rings is 1. The van der Waals surface area contributed by atoms with Crippen molar-refractivity contribution >= 4 is 12.0 Å². The summed E-state index contributed by atoms with van der Waals surface area (Å²) in [7, 11) is 0. The highest BCUT2D eigenvalue weighted by atomic mass is 16.5. The monoisotopic (exact) mass is 306 g/mol. The van der Waals surface area contributed by atoms with Gasteiger partial charge in [-0.15, -0.1) is 0 Å². The fraction of sp³-hybridized carbons (Fsp3) is 0.375. The Morgan fingerprint density at radius 3 is 2.68 bits per heavy atom. The van der Waals surface area contributed by atoms with Gasteiger partial charge in [0.15, 0.2) is 6.61 Å². The van der Waals surface area contributed by atoms with Crippen LogP contribution in [-0.2, 0) is 16.0 Å². The highest BCUT2D eigenvalue weighted by molar-refractivity contribution is 5.77. The zero-order valence-electron chi connectivity index (χ0n) is 12.8. The van der Waals surface area contributed by atoms with E-state index in [1.54, 1.807) is 0 Å². The van der Waals surface area contributed by atoms with E-state index in [-0.39, 0.29) is 25.7 Å². The number of hydrogen-bond acceptors (Lipinski definition) is 4. The molecule has 0 aliphatic carbocycles. The SMILES string of the molecule is C=CCOC(=O)NCCNC(=O)COc1ccccc1CC. The lowest BCUT2D eigenvalue weighted by molar-refractivity contribution is -0.123. The van der Waals surface area contributed by atoms with E-state index in [2.05, 4.69) is 17.2 Å². The molecule has 120 valence electrons. The van der Waals surface area contributed by atoms with Crippen molar-refractivity contribution in [3.8, 4) is 5.75 Å². The molecule has 0 atom stereocenters. The number of ether oxygens (including phenoxy) is 2. The Bertz CT molecular complexity index is 503. The summed E-state index contributed by atoms with van der Waals surface area (Å²) in [5.41, 5.74) is 1.06. The van der Waals surface area contributed by atoms with Gasteiger partial charge in [-0.3, -0.25) is 4.79 Å². The van der Waals surface area contributed by atoms with E-state index in [0.717, 1.165) is 12.0 Å². The lowest BCUT2D eigenvalue weighted by atomic mass is 10.1. The van der Waals surface area contributed by atoms with Crippen molar-refractivity contribution < 1.29 is 19.1 Å². The van der Waals surface area contributed by atoms with E-state index >= 15 is 0 Å². The van der Waals surface area contributed by atoms with Gasteiger partial charge in [0.1, 0.15) is 12.4 Å². The van der Waals surface area contributed by atoms with E-state index in [4.69, 9.17) is 9.47 Å². The van der Waals surface area contributed by atoms with E-state index in [9.17, 15) is 9.59 Å². The number of aryl methyl sites for hydroxylation is 1. The summed E-state index contributed by atoms with van der Waals surface area (Å²) in [4.78, 5) is 22.7. The molecule has 6 heteroatoms. The number of rotatable bonds is 9. The molecule has 0 radical (unpaired) electrons. The summed E-state index contributed by atoms with van der Waals surface area (Å²) in [6, 6.07) is 7.60. The first-order chi connectivity index (χ1) is 10.7. The predicted octanol–water partition coefficient (Wildman–Crippen LogP) is 1.66. The molecule has 1 rings (SSSR count). The number of nitrogens with one attached hydrogen (secondary N) is 2. The molecule has 1 aromatic rings. The maximum atomic E-state index is 11.6. The molecule has 2 amide bonds. The lowest BCUT2D eigenvalue weighted by Gasteiger charge is -2.10. The Labute approximate surface area is 130 Å². The van der Waals surface area contributed by atoms with Gasteiger partial charge >= 0.3 is 6.09 Å². The Balaban J connectivity index is 2.18. The molecule has 0 fully saturated rings. The minimum Gasteiger partial charge on any atom is -0.483 e. The van der Waals surface area contributed by atoms with Crippen molar-refractivity contribution in [3.05, 3.63) is 42.5 Å². The van der Waals surface area contributed by atoms with Crippen molar-refractivity contribution in [2.75, 3.05) is 26.3 Å². The van der Waals surface area contributed by atoms with Crippen molar-refractivity contribution in [1.29, 1.82) is 0 Å². The molecule has 0 unspecified atom stereocenters. The molecule has 0 saturated heterocycles. The first-order valence-electron chi connectivity index (χ1n) is 7.16. The summed E-state index contributed by atoms with van der Waals surface area (Å²) in [6.07, 6.45) is 1.78. The van der Waals surface area contributed by atoms with Crippen LogP contribution in [0.3, 0.4) is 0 Å². The van der Waals surface area contributed by atoms with Crippen molar-refractivity contribution in [2.45, 2.75) is 13.3 Å². The van der Waals surface area contributed by atoms with Crippen LogP contribution in [0.1, 0.15) is 12.5 Å². The first-order valence-corrected chi connectivity index (χ1v) is 7.16. The molecule has 22 heavy (non-hydrogen) atoms. The number of amides is 2. The van der Waals surface area contributed by atoms with Crippen LogP contribution in [0, 0.1) is 0 Å². The molecular formula is C16H22N2O4. The third kappa shape index (κ3) is 6.78. The topological polar surface area (TPSA) is 76.7 Å². The standard InChI is InChI=1S/C16H22N2O4/c1-3-11-21-16(20)18-10-9-17-15(19)12-22-14-8-6-5-7-13(14)4-2/h3,5-8H,1,4,9-12H2,2H3,(H,17,19)(H,18,20).